The average Bonchev–Trinajstić information content (AvgIpc) is 3.39. The van der Waals surface area contributed by atoms with Crippen LogP contribution in [0, 0.1) is 0 Å². The van der Waals surface area contributed by atoms with Gasteiger partial charge in [-0.2, -0.15) is 0 Å². The van der Waals surface area contributed by atoms with E-state index >= 15 is 0 Å². The van der Waals surface area contributed by atoms with Gasteiger partial charge in [0, 0.05) is 32.2 Å². The van der Waals surface area contributed by atoms with Crippen molar-refractivity contribution in [3.8, 4) is 5.75 Å². The summed E-state index contributed by atoms with van der Waals surface area (Å²) in [5, 5.41) is 3.45. The molecule has 1 atom stereocenters. The number of nitrogens with one attached hydrogen (secondary N) is 1. The number of ether oxygens (including phenoxy) is 2. The van der Waals surface area contributed by atoms with Crippen molar-refractivity contribution >= 4 is 5.91 Å². The smallest absolute Gasteiger partial charge is 0.255 e. The Kier molecular flexibility index (Phi) is 5.48. The Morgan fingerprint density at radius 2 is 2.13 bits per heavy atom. The lowest BCUT2D eigenvalue weighted by atomic mass is 10.2. The van der Waals surface area contributed by atoms with Gasteiger partial charge in [-0.3, -0.25) is 9.69 Å². The Labute approximate surface area is 136 Å². The second-order valence-electron chi connectivity index (χ2n) is 6.25. The van der Waals surface area contributed by atoms with Crippen LogP contribution < -0.4 is 15.8 Å². The van der Waals surface area contributed by atoms with Gasteiger partial charge in [-0.05, 0) is 30.5 Å². The quantitative estimate of drug-likeness (QED) is 0.730. The lowest BCUT2D eigenvalue weighted by Gasteiger charge is -2.33. The first kappa shape index (κ1) is 16.2. The molecular weight excluding hydrogens is 294 g/mol. The van der Waals surface area contributed by atoms with E-state index < -0.39 is 5.91 Å². The molecule has 0 bridgehead atoms. The Morgan fingerprint density at radius 3 is 2.83 bits per heavy atom. The summed E-state index contributed by atoms with van der Waals surface area (Å²) in [5.41, 5.74) is 6.22. The van der Waals surface area contributed by atoms with E-state index in [0.29, 0.717) is 5.75 Å². The molecule has 23 heavy (non-hydrogen) atoms. The van der Waals surface area contributed by atoms with Gasteiger partial charge in [-0.25, -0.2) is 0 Å². The van der Waals surface area contributed by atoms with E-state index in [1.807, 2.05) is 24.3 Å². The van der Waals surface area contributed by atoms with Crippen molar-refractivity contribution in [2.45, 2.75) is 31.5 Å². The average molecular weight is 319 g/mol. The van der Waals surface area contributed by atoms with E-state index in [9.17, 15) is 4.79 Å². The van der Waals surface area contributed by atoms with Gasteiger partial charge in [-0.1, -0.05) is 12.1 Å². The minimum absolute atomic E-state index is 0.0892. The number of nitrogens with two attached hydrogens (primary N) is 1. The van der Waals surface area contributed by atoms with Crippen LogP contribution in [-0.4, -0.2) is 55.8 Å². The van der Waals surface area contributed by atoms with Gasteiger partial charge in [0.25, 0.3) is 5.91 Å². The molecule has 0 radical (unpaired) electrons. The third-order valence-electron chi connectivity index (χ3n) is 4.24. The molecule has 6 heteroatoms. The summed E-state index contributed by atoms with van der Waals surface area (Å²) >= 11 is 0. The predicted molar refractivity (Wildman–Crippen MR) is 87.2 cm³/mol. The van der Waals surface area contributed by atoms with E-state index in [1.165, 1.54) is 18.4 Å². The maximum Gasteiger partial charge on any atom is 0.255 e. The minimum Gasteiger partial charge on any atom is -0.484 e. The van der Waals surface area contributed by atoms with Gasteiger partial charge in [0.1, 0.15) is 5.75 Å². The topological polar surface area (TPSA) is 76.8 Å². The number of morpholine rings is 1. The first-order valence-corrected chi connectivity index (χ1v) is 8.27. The van der Waals surface area contributed by atoms with Gasteiger partial charge in [0.15, 0.2) is 6.61 Å². The SMILES string of the molecule is NC(=O)COc1ccc(CNCC2CN(C3CC3)CCO2)cc1. The Bertz CT molecular complexity index is 516. The van der Waals surface area contributed by atoms with E-state index in [2.05, 4.69) is 10.2 Å². The summed E-state index contributed by atoms with van der Waals surface area (Å²) in [6, 6.07) is 8.50. The fourth-order valence-corrected chi connectivity index (χ4v) is 2.87. The fraction of sp³-hybridized carbons (Fsp3) is 0.588. The number of rotatable bonds is 8. The van der Waals surface area contributed by atoms with Crippen LogP contribution in [0.5, 0.6) is 5.75 Å². The van der Waals surface area contributed by atoms with Crippen LogP contribution in [-0.2, 0) is 16.1 Å². The van der Waals surface area contributed by atoms with Crippen molar-refractivity contribution in [2.75, 3.05) is 32.8 Å². The minimum atomic E-state index is -0.469. The van der Waals surface area contributed by atoms with Crippen LogP contribution in [0.15, 0.2) is 24.3 Å². The predicted octanol–water partition coefficient (Wildman–Crippen LogP) is 0.504. The van der Waals surface area contributed by atoms with Gasteiger partial charge in [-0.15, -0.1) is 0 Å². The number of carbonyl (C=O) groups is 1. The molecule has 3 rings (SSSR count). The number of benzene rings is 1. The molecule has 1 saturated heterocycles. The van der Waals surface area contributed by atoms with Crippen molar-refractivity contribution in [1.82, 2.24) is 10.2 Å². The molecule has 1 aromatic carbocycles. The number of amides is 1. The van der Waals surface area contributed by atoms with E-state index in [-0.39, 0.29) is 12.7 Å². The maximum atomic E-state index is 10.7. The summed E-state index contributed by atoms with van der Waals surface area (Å²) in [6.45, 7) is 4.52. The van der Waals surface area contributed by atoms with Gasteiger partial charge in [0.05, 0.1) is 12.7 Å². The standard InChI is InChI=1S/C17H25N3O3/c18-17(21)12-23-15-5-1-13(2-6-15)9-19-10-16-11-20(7-8-22-16)14-3-4-14/h1-2,5-6,14,16,19H,3-4,7-12H2,(H2,18,21). The highest BCUT2D eigenvalue weighted by Crippen LogP contribution is 2.28. The van der Waals surface area contributed by atoms with Crippen molar-refractivity contribution in [3.63, 3.8) is 0 Å². The molecule has 1 aliphatic heterocycles. The van der Waals surface area contributed by atoms with E-state index in [4.69, 9.17) is 15.2 Å². The Morgan fingerprint density at radius 1 is 1.35 bits per heavy atom. The van der Waals surface area contributed by atoms with Crippen molar-refractivity contribution in [1.29, 1.82) is 0 Å². The van der Waals surface area contributed by atoms with Crippen molar-refractivity contribution < 1.29 is 14.3 Å². The molecule has 1 aromatic rings. The van der Waals surface area contributed by atoms with Crippen LogP contribution in [0.4, 0.5) is 0 Å². The highest BCUT2D eigenvalue weighted by atomic mass is 16.5. The van der Waals surface area contributed by atoms with Gasteiger partial charge in [0.2, 0.25) is 0 Å². The van der Waals surface area contributed by atoms with Crippen LogP contribution >= 0.6 is 0 Å². The number of hydrogen-bond donors (Lipinski definition) is 2. The summed E-state index contributed by atoms with van der Waals surface area (Å²) in [7, 11) is 0. The highest BCUT2D eigenvalue weighted by Gasteiger charge is 2.32. The van der Waals surface area contributed by atoms with Crippen LogP contribution in [0.2, 0.25) is 0 Å². The monoisotopic (exact) mass is 319 g/mol. The van der Waals surface area contributed by atoms with Gasteiger partial charge < -0.3 is 20.5 Å². The molecular formula is C17H25N3O3. The zero-order valence-electron chi connectivity index (χ0n) is 13.4. The lowest BCUT2D eigenvalue weighted by molar-refractivity contribution is -0.119. The first-order chi connectivity index (χ1) is 11.2. The second kappa shape index (κ2) is 7.77. The summed E-state index contributed by atoms with van der Waals surface area (Å²) < 4.78 is 11.1. The molecule has 0 spiro atoms. The Balaban J connectivity index is 1.37. The number of hydrogen-bond acceptors (Lipinski definition) is 5. The van der Waals surface area contributed by atoms with Crippen LogP contribution in [0.25, 0.3) is 0 Å². The summed E-state index contributed by atoms with van der Waals surface area (Å²) in [4.78, 5) is 13.2. The highest BCUT2D eigenvalue weighted by molar-refractivity contribution is 5.75. The number of nitrogens with zero attached hydrogens (tertiary/aromatic N) is 1. The molecule has 0 aromatic heterocycles. The maximum absolute atomic E-state index is 10.7. The lowest BCUT2D eigenvalue weighted by Crippen LogP contribution is -2.47. The first-order valence-electron chi connectivity index (χ1n) is 8.27. The van der Waals surface area contributed by atoms with Crippen molar-refractivity contribution in [2.24, 2.45) is 5.73 Å². The summed E-state index contributed by atoms with van der Waals surface area (Å²) in [5.74, 6) is 0.187. The molecule has 3 N–H and O–H groups in total. The molecule has 1 unspecified atom stereocenters. The number of carbonyl (C=O) groups excluding carboxylic acids is 1. The molecule has 1 saturated carbocycles. The van der Waals surface area contributed by atoms with Crippen molar-refractivity contribution in [3.05, 3.63) is 29.8 Å². The second-order valence-corrected chi connectivity index (χ2v) is 6.25. The molecule has 2 aliphatic rings. The molecule has 1 amide bonds. The molecule has 1 aliphatic carbocycles. The zero-order valence-corrected chi connectivity index (χ0v) is 13.4. The van der Waals surface area contributed by atoms with Crippen LogP contribution in [0.1, 0.15) is 18.4 Å². The largest absolute Gasteiger partial charge is 0.484 e. The third kappa shape index (κ3) is 5.20. The molecule has 1 heterocycles. The summed E-state index contributed by atoms with van der Waals surface area (Å²) in [6.07, 6.45) is 2.98. The molecule has 6 nitrogen and oxygen atoms in total. The van der Waals surface area contributed by atoms with E-state index in [1.54, 1.807) is 0 Å². The zero-order chi connectivity index (χ0) is 16.1. The Hall–Kier alpha value is -1.63. The third-order valence-corrected chi connectivity index (χ3v) is 4.24. The normalized spacial score (nSPS) is 22.0. The fourth-order valence-electron chi connectivity index (χ4n) is 2.87. The van der Waals surface area contributed by atoms with Crippen LogP contribution in [0.3, 0.4) is 0 Å². The number of primary amides is 1. The van der Waals surface area contributed by atoms with E-state index in [0.717, 1.165) is 38.8 Å². The molecule has 126 valence electrons. The molecule has 2 fully saturated rings. The van der Waals surface area contributed by atoms with Gasteiger partial charge >= 0.3 is 0 Å².